The Morgan fingerprint density at radius 1 is 0.800 bits per heavy atom. The van der Waals surface area contributed by atoms with E-state index in [1.54, 1.807) is 7.11 Å². The van der Waals surface area contributed by atoms with Gasteiger partial charge in [0.15, 0.2) is 0 Å². The molecule has 0 amide bonds. The van der Waals surface area contributed by atoms with E-state index < -0.39 is 0 Å². The van der Waals surface area contributed by atoms with E-state index in [0.717, 1.165) is 22.3 Å². The molecule has 0 saturated carbocycles. The molecule has 0 aliphatic rings. The molecule has 3 rings (SSSR count). The Bertz CT molecular complexity index is 798. The summed E-state index contributed by atoms with van der Waals surface area (Å²) >= 11 is 0. The van der Waals surface area contributed by atoms with Crippen LogP contribution in [0.15, 0.2) is 60.7 Å². The molecule has 3 aromatic rings. The number of fused-ring (bicyclic) bond motifs is 1. The summed E-state index contributed by atoms with van der Waals surface area (Å²) < 4.78 is 5.23. The first-order valence-corrected chi connectivity index (χ1v) is 6.38. The van der Waals surface area contributed by atoms with Gasteiger partial charge in [-0.3, -0.25) is 0 Å². The molecule has 2 nitrogen and oxygen atoms in total. The van der Waals surface area contributed by atoms with E-state index in [1.165, 1.54) is 5.39 Å². The smallest absolute Gasteiger partial charge is 0.119 e. The molecule has 0 heterocycles. The Balaban J connectivity index is 2.06. The predicted octanol–water partition coefficient (Wildman–Crippen LogP) is 4.39. The highest BCUT2D eigenvalue weighted by atomic mass is 16.5. The van der Waals surface area contributed by atoms with Crippen molar-refractivity contribution >= 4 is 10.8 Å². The van der Waals surface area contributed by atoms with Crippen molar-refractivity contribution in [2.45, 2.75) is 0 Å². The SMILES string of the molecule is COc1ccc2cc(-c3ccc(C#N)cc3)ccc2c1. The molecule has 20 heavy (non-hydrogen) atoms. The van der Waals surface area contributed by atoms with Gasteiger partial charge in [-0.1, -0.05) is 30.3 Å². The largest absolute Gasteiger partial charge is 0.497 e. The highest BCUT2D eigenvalue weighted by Crippen LogP contribution is 2.27. The zero-order chi connectivity index (χ0) is 13.9. The first-order chi connectivity index (χ1) is 9.80. The van der Waals surface area contributed by atoms with Gasteiger partial charge in [0.2, 0.25) is 0 Å². The molecule has 96 valence electrons. The molecule has 0 unspecified atom stereocenters. The van der Waals surface area contributed by atoms with Gasteiger partial charge in [0.1, 0.15) is 5.75 Å². The summed E-state index contributed by atoms with van der Waals surface area (Å²) in [5, 5.41) is 11.2. The van der Waals surface area contributed by atoms with Gasteiger partial charge in [0.25, 0.3) is 0 Å². The zero-order valence-corrected chi connectivity index (χ0v) is 11.1. The lowest BCUT2D eigenvalue weighted by Crippen LogP contribution is -1.83. The van der Waals surface area contributed by atoms with E-state index in [-0.39, 0.29) is 0 Å². The Hall–Kier alpha value is -2.79. The minimum Gasteiger partial charge on any atom is -0.497 e. The van der Waals surface area contributed by atoms with Crippen LogP contribution in [-0.4, -0.2) is 7.11 Å². The molecule has 3 aromatic carbocycles. The van der Waals surface area contributed by atoms with Gasteiger partial charge >= 0.3 is 0 Å². The second-order valence-corrected chi connectivity index (χ2v) is 4.62. The molecule has 0 aromatic heterocycles. The Labute approximate surface area is 117 Å². The van der Waals surface area contributed by atoms with Crippen LogP contribution in [0.25, 0.3) is 21.9 Å². The zero-order valence-electron chi connectivity index (χ0n) is 11.1. The van der Waals surface area contributed by atoms with Crippen LogP contribution in [0.4, 0.5) is 0 Å². The summed E-state index contributed by atoms with van der Waals surface area (Å²) in [5.74, 6) is 0.864. The second kappa shape index (κ2) is 5.07. The standard InChI is InChI=1S/C18H13NO/c1-20-18-9-8-16-10-15(6-7-17(16)11-18)14-4-2-13(12-19)3-5-14/h2-11H,1H3. The lowest BCUT2D eigenvalue weighted by Gasteiger charge is -2.06. The summed E-state index contributed by atoms with van der Waals surface area (Å²) in [6.07, 6.45) is 0. The molecule has 0 aliphatic heterocycles. The van der Waals surface area contributed by atoms with Gasteiger partial charge < -0.3 is 4.74 Å². The van der Waals surface area contributed by atoms with E-state index in [9.17, 15) is 0 Å². The third kappa shape index (κ3) is 2.22. The van der Waals surface area contributed by atoms with Gasteiger partial charge in [-0.05, 0) is 52.2 Å². The number of benzene rings is 3. The normalized spacial score (nSPS) is 10.2. The average Bonchev–Trinajstić information content (AvgIpc) is 2.54. The van der Waals surface area contributed by atoms with E-state index in [2.05, 4.69) is 30.3 Å². The van der Waals surface area contributed by atoms with Crippen molar-refractivity contribution in [2.75, 3.05) is 7.11 Å². The maximum absolute atomic E-state index is 8.83. The maximum atomic E-state index is 8.83. The molecule has 2 heteroatoms. The van der Waals surface area contributed by atoms with E-state index >= 15 is 0 Å². The van der Waals surface area contributed by atoms with Crippen LogP contribution >= 0.6 is 0 Å². The number of nitrogens with zero attached hydrogens (tertiary/aromatic N) is 1. The van der Waals surface area contributed by atoms with Gasteiger partial charge in [-0.15, -0.1) is 0 Å². The number of rotatable bonds is 2. The van der Waals surface area contributed by atoms with Gasteiger partial charge in [0.05, 0.1) is 18.7 Å². The predicted molar refractivity (Wildman–Crippen MR) is 80.7 cm³/mol. The molecule has 0 bridgehead atoms. The van der Waals surface area contributed by atoms with Crippen molar-refractivity contribution in [3.63, 3.8) is 0 Å². The lowest BCUT2D eigenvalue weighted by atomic mass is 10.0. The van der Waals surface area contributed by atoms with E-state index in [1.807, 2.05) is 36.4 Å². The van der Waals surface area contributed by atoms with Crippen LogP contribution in [0, 0.1) is 11.3 Å². The Morgan fingerprint density at radius 2 is 1.45 bits per heavy atom. The fraction of sp³-hybridized carbons (Fsp3) is 0.0556. The van der Waals surface area contributed by atoms with Crippen molar-refractivity contribution in [1.82, 2.24) is 0 Å². The summed E-state index contributed by atoms with van der Waals surface area (Å²) in [4.78, 5) is 0. The lowest BCUT2D eigenvalue weighted by molar-refractivity contribution is 0.415. The number of ether oxygens (including phenoxy) is 1. The Kier molecular flexibility index (Phi) is 3.10. The van der Waals surface area contributed by atoms with Crippen LogP contribution < -0.4 is 4.74 Å². The first-order valence-electron chi connectivity index (χ1n) is 6.38. The third-order valence-corrected chi connectivity index (χ3v) is 3.39. The van der Waals surface area contributed by atoms with Gasteiger partial charge in [-0.25, -0.2) is 0 Å². The molecule has 0 saturated heterocycles. The molecule has 0 fully saturated rings. The van der Waals surface area contributed by atoms with E-state index in [0.29, 0.717) is 5.56 Å². The molecule has 0 atom stereocenters. The van der Waals surface area contributed by atoms with Crippen LogP contribution in [0.3, 0.4) is 0 Å². The fourth-order valence-corrected chi connectivity index (χ4v) is 2.27. The second-order valence-electron chi connectivity index (χ2n) is 4.62. The van der Waals surface area contributed by atoms with Gasteiger partial charge in [0, 0.05) is 0 Å². The molecule has 0 aliphatic carbocycles. The number of methoxy groups -OCH3 is 1. The quantitative estimate of drug-likeness (QED) is 0.684. The minimum absolute atomic E-state index is 0.680. The molecular weight excluding hydrogens is 246 g/mol. The number of hydrogen-bond acceptors (Lipinski definition) is 2. The monoisotopic (exact) mass is 259 g/mol. The minimum atomic E-state index is 0.680. The number of nitriles is 1. The fourth-order valence-electron chi connectivity index (χ4n) is 2.27. The summed E-state index contributed by atoms with van der Waals surface area (Å²) in [5.41, 5.74) is 2.94. The molecular formula is C18H13NO. The first kappa shape index (κ1) is 12.3. The van der Waals surface area contributed by atoms with Crippen molar-refractivity contribution < 1.29 is 4.74 Å². The van der Waals surface area contributed by atoms with Crippen LogP contribution in [0.2, 0.25) is 0 Å². The Morgan fingerprint density at radius 3 is 2.15 bits per heavy atom. The van der Waals surface area contributed by atoms with Crippen molar-refractivity contribution in [2.24, 2.45) is 0 Å². The van der Waals surface area contributed by atoms with Crippen molar-refractivity contribution in [3.8, 4) is 22.9 Å². The number of hydrogen-bond donors (Lipinski definition) is 0. The molecule has 0 spiro atoms. The highest BCUT2D eigenvalue weighted by Gasteiger charge is 2.01. The third-order valence-electron chi connectivity index (χ3n) is 3.39. The summed E-state index contributed by atoms with van der Waals surface area (Å²) in [6.45, 7) is 0. The average molecular weight is 259 g/mol. The van der Waals surface area contributed by atoms with Crippen LogP contribution in [-0.2, 0) is 0 Å². The van der Waals surface area contributed by atoms with Crippen LogP contribution in [0.5, 0.6) is 5.75 Å². The van der Waals surface area contributed by atoms with Gasteiger partial charge in [-0.2, -0.15) is 5.26 Å². The maximum Gasteiger partial charge on any atom is 0.119 e. The summed E-state index contributed by atoms with van der Waals surface area (Å²) in [6, 6.07) is 22.1. The van der Waals surface area contributed by atoms with Crippen molar-refractivity contribution in [3.05, 3.63) is 66.2 Å². The molecule has 0 N–H and O–H groups in total. The summed E-state index contributed by atoms with van der Waals surface area (Å²) in [7, 11) is 1.67. The van der Waals surface area contributed by atoms with Crippen molar-refractivity contribution in [1.29, 1.82) is 5.26 Å². The van der Waals surface area contributed by atoms with Crippen LogP contribution in [0.1, 0.15) is 5.56 Å². The highest BCUT2D eigenvalue weighted by molar-refractivity contribution is 5.88. The topological polar surface area (TPSA) is 33.0 Å². The van der Waals surface area contributed by atoms with E-state index in [4.69, 9.17) is 10.00 Å². The molecule has 0 radical (unpaired) electrons.